The predicted molar refractivity (Wildman–Crippen MR) is 77.3 cm³/mol. The topological polar surface area (TPSA) is 72.4 Å². The van der Waals surface area contributed by atoms with Crippen LogP contribution < -0.4 is 5.73 Å². The number of likely N-dealkylation sites (tertiary alicyclic amines) is 1. The Bertz CT molecular complexity index is 436. The third-order valence-corrected chi connectivity index (χ3v) is 4.18. The second kappa shape index (κ2) is 6.88. The summed E-state index contributed by atoms with van der Waals surface area (Å²) in [4.78, 5) is 18.6. The molecule has 1 amide bonds. The lowest BCUT2D eigenvalue weighted by Gasteiger charge is -2.18. The van der Waals surface area contributed by atoms with E-state index in [1.807, 2.05) is 4.90 Å². The van der Waals surface area contributed by atoms with Gasteiger partial charge in [-0.15, -0.1) is 0 Å². The van der Waals surface area contributed by atoms with Gasteiger partial charge >= 0.3 is 0 Å². The minimum Gasteiger partial charge on any atom is -0.446 e. The average molecular weight is 279 g/mol. The average Bonchev–Trinajstić information content (AvgIpc) is 2.80. The molecule has 1 fully saturated rings. The molecule has 5 nitrogen and oxygen atoms in total. The van der Waals surface area contributed by atoms with Crippen molar-refractivity contribution in [3.05, 3.63) is 17.8 Å². The first-order valence-corrected chi connectivity index (χ1v) is 7.63. The number of carbonyl (C=O) groups excluding carboxylic acids is 1. The number of nitrogens with zero attached hydrogens (tertiary/aromatic N) is 2. The maximum Gasteiger partial charge on any atom is 0.275 e. The van der Waals surface area contributed by atoms with Gasteiger partial charge in [0.15, 0.2) is 5.69 Å². The molecule has 2 atom stereocenters. The Morgan fingerprint density at radius 2 is 2.05 bits per heavy atom. The molecule has 0 aliphatic carbocycles. The van der Waals surface area contributed by atoms with E-state index in [2.05, 4.69) is 18.8 Å². The van der Waals surface area contributed by atoms with Crippen molar-refractivity contribution in [1.82, 2.24) is 9.88 Å². The summed E-state index contributed by atoms with van der Waals surface area (Å²) in [5.41, 5.74) is 6.47. The van der Waals surface area contributed by atoms with Gasteiger partial charge in [0, 0.05) is 13.1 Å². The number of rotatable bonds is 4. The normalized spacial score (nSPS) is 19.4. The van der Waals surface area contributed by atoms with Crippen LogP contribution in [0.15, 0.2) is 10.7 Å². The summed E-state index contributed by atoms with van der Waals surface area (Å²) in [6, 6.07) is -0.245. The van der Waals surface area contributed by atoms with Crippen LogP contribution in [-0.4, -0.2) is 28.9 Å². The zero-order chi connectivity index (χ0) is 14.5. The third-order valence-electron chi connectivity index (χ3n) is 4.18. The van der Waals surface area contributed by atoms with Crippen molar-refractivity contribution in [3.8, 4) is 0 Å². The minimum atomic E-state index is -0.245. The molecule has 112 valence electrons. The number of aromatic nitrogens is 1. The maximum atomic E-state index is 12.4. The quantitative estimate of drug-likeness (QED) is 0.919. The second-order valence-corrected chi connectivity index (χ2v) is 5.69. The van der Waals surface area contributed by atoms with Gasteiger partial charge in [0.25, 0.3) is 5.91 Å². The first kappa shape index (κ1) is 15.0. The summed E-state index contributed by atoms with van der Waals surface area (Å²) < 4.78 is 5.41. The number of carbonyl (C=O) groups is 1. The first-order chi connectivity index (χ1) is 9.63. The molecule has 2 rings (SSSR count). The molecule has 0 spiro atoms. The van der Waals surface area contributed by atoms with Crippen molar-refractivity contribution in [2.45, 2.75) is 52.0 Å². The van der Waals surface area contributed by atoms with E-state index in [1.54, 1.807) is 0 Å². The van der Waals surface area contributed by atoms with E-state index in [0.29, 0.717) is 11.6 Å². The molecular formula is C15H25N3O2. The van der Waals surface area contributed by atoms with Gasteiger partial charge in [0.2, 0.25) is 5.89 Å². The van der Waals surface area contributed by atoms with Crippen molar-refractivity contribution in [1.29, 1.82) is 0 Å². The molecule has 0 bridgehead atoms. The molecule has 1 aromatic heterocycles. The molecule has 5 heteroatoms. The summed E-state index contributed by atoms with van der Waals surface area (Å²) in [6.07, 6.45) is 6.95. The molecule has 1 aromatic rings. The van der Waals surface area contributed by atoms with E-state index in [9.17, 15) is 4.79 Å². The zero-order valence-electron chi connectivity index (χ0n) is 12.5. The molecule has 2 heterocycles. The largest absolute Gasteiger partial charge is 0.446 e. The number of amides is 1. The van der Waals surface area contributed by atoms with Crippen LogP contribution in [0, 0.1) is 5.92 Å². The van der Waals surface area contributed by atoms with E-state index < -0.39 is 0 Å². The second-order valence-electron chi connectivity index (χ2n) is 5.69. The van der Waals surface area contributed by atoms with Crippen LogP contribution in [0.3, 0.4) is 0 Å². The molecule has 1 saturated heterocycles. The minimum absolute atomic E-state index is 0.0294. The molecule has 0 aromatic carbocycles. The Morgan fingerprint density at radius 1 is 1.40 bits per heavy atom. The van der Waals surface area contributed by atoms with E-state index in [-0.39, 0.29) is 17.9 Å². The Labute approximate surface area is 120 Å². The van der Waals surface area contributed by atoms with Crippen LogP contribution in [0.25, 0.3) is 0 Å². The highest BCUT2D eigenvalue weighted by Gasteiger charge is 2.24. The molecule has 20 heavy (non-hydrogen) atoms. The standard InChI is InChI=1S/C15H25N3O2/c1-3-11(2)13(16)14-17-12(10-20-14)15(19)18-8-6-4-5-7-9-18/h10-11,13H,3-9,16H2,1-2H3. The molecule has 0 radical (unpaired) electrons. The summed E-state index contributed by atoms with van der Waals surface area (Å²) in [5, 5.41) is 0. The van der Waals surface area contributed by atoms with Gasteiger partial charge in [0.05, 0.1) is 6.04 Å². The number of hydrogen-bond acceptors (Lipinski definition) is 4. The van der Waals surface area contributed by atoms with Gasteiger partial charge < -0.3 is 15.1 Å². The number of hydrogen-bond donors (Lipinski definition) is 1. The fourth-order valence-electron chi connectivity index (χ4n) is 2.47. The first-order valence-electron chi connectivity index (χ1n) is 7.63. The number of oxazole rings is 1. The fourth-order valence-corrected chi connectivity index (χ4v) is 2.47. The van der Waals surface area contributed by atoms with Gasteiger partial charge in [-0.3, -0.25) is 4.79 Å². The van der Waals surface area contributed by atoms with Crippen LogP contribution in [0.4, 0.5) is 0 Å². The van der Waals surface area contributed by atoms with Gasteiger partial charge in [-0.1, -0.05) is 33.1 Å². The maximum absolute atomic E-state index is 12.4. The summed E-state index contributed by atoms with van der Waals surface area (Å²) in [7, 11) is 0. The lowest BCUT2D eigenvalue weighted by molar-refractivity contribution is 0.0755. The molecule has 2 unspecified atom stereocenters. The van der Waals surface area contributed by atoms with Crippen molar-refractivity contribution in [3.63, 3.8) is 0 Å². The van der Waals surface area contributed by atoms with Crippen LogP contribution in [0.2, 0.25) is 0 Å². The Balaban J connectivity index is 2.05. The van der Waals surface area contributed by atoms with Crippen LogP contribution in [-0.2, 0) is 0 Å². The highest BCUT2D eigenvalue weighted by atomic mass is 16.3. The molecular weight excluding hydrogens is 254 g/mol. The number of nitrogens with two attached hydrogens (primary N) is 1. The highest BCUT2D eigenvalue weighted by molar-refractivity contribution is 5.92. The molecule has 1 aliphatic heterocycles. The van der Waals surface area contributed by atoms with Crippen molar-refractivity contribution < 1.29 is 9.21 Å². The SMILES string of the molecule is CCC(C)C(N)c1nc(C(=O)N2CCCCCC2)co1. The van der Waals surface area contributed by atoms with Crippen molar-refractivity contribution in [2.75, 3.05) is 13.1 Å². The predicted octanol–water partition coefficient (Wildman–Crippen LogP) is 2.74. The van der Waals surface area contributed by atoms with Gasteiger partial charge in [-0.05, 0) is 18.8 Å². The van der Waals surface area contributed by atoms with E-state index in [4.69, 9.17) is 10.2 Å². The third kappa shape index (κ3) is 3.39. The monoisotopic (exact) mass is 279 g/mol. The van der Waals surface area contributed by atoms with Crippen LogP contribution in [0.5, 0.6) is 0 Å². The van der Waals surface area contributed by atoms with E-state index in [1.165, 1.54) is 19.1 Å². The van der Waals surface area contributed by atoms with Crippen LogP contribution >= 0.6 is 0 Å². The van der Waals surface area contributed by atoms with E-state index in [0.717, 1.165) is 32.4 Å². The Hall–Kier alpha value is -1.36. The summed E-state index contributed by atoms with van der Waals surface area (Å²) in [5.74, 6) is 0.727. The van der Waals surface area contributed by atoms with Gasteiger partial charge in [-0.2, -0.15) is 0 Å². The summed E-state index contributed by atoms with van der Waals surface area (Å²) in [6.45, 7) is 5.78. The Morgan fingerprint density at radius 3 is 2.65 bits per heavy atom. The zero-order valence-corrected chi connectivity index (χ0v) is 12.5. The van der Waals surface area contributed by atoms with Gasteiger partial charge in [-0.25, -0.2) is 4.98 Å². The Kier molecular flexibility index (Phi) is 5.17. The molecule has 0 saturated carbocycles. The lowest BCUT2D eigenvalue weighted by atomic mass is 10.0. The fraction of sp³-hybridized carbons (Fsp3) is 0.733. The lowest BCUT2D eigenvalue weighted by Crippen LogP contribution is -2.32. The molecule has 2 N–H and O–H groups in total. The van der Waals surface area contributed by atoms with Gasteiger partial charge in [0.1, 0.15) is 6.26 Å². The van der Waals surface area contributed by atoms with Crippen molar-refractivity contribution >= 4 is 5.91 Å². The summed E-state index contributed by atoms with van der Waals surface area (Å²) >= 11 is 0. The highest BCUT2D eigenvalue weighted by Crippen LogP contribution is 2.22. The smallest absolute Gasteiger partial charge is 0.275 e. The van der Waals surface area contributed by atoms with Crippen LogP contribution in [0.1, 0.15) is 68.4 Å². The molecule has 1 aliphatic rings. The van der Waals surface area contributed by atoms with Crippen molar-refractivity contribution in [2.24, 2.45) is 11.7 Å². The van der Waals surface area contributed by atoms with E-state index >= 15 is 0 Å².